The molecule has 486 valence electrons. The molecule has 0 saturated heterocycles. The van der Waals surface area contributed by atoms with Gasteiger partial charge < -0.3 is 66.0 Å². The van der Waals surface area contributed by atoms with Gasteiger partial charge in [-0.2, -0.15) is 0 Å². The highest BCUT2D eigenvalue weighted by molar-refractivity contribution is 5.95. The van der Waals surface area contributed by atoms with Gasteiger partial charge in [0.2, 0.25) is 35.4 Å². The lowest BCUT2D eigenvalue weighted by Gasteiger charge is -2.26. The van der Waals surface area contributed by atoms with Crippen LogP contribution in [-0.4, -0.2) is 163 Å². The second-order valence-corrected chi connectivity index (χ2v) is 23.7. The summed E-state index contributed by atoms with van der Waals surface area (Å²) in [5.41, 5.74) is 4.26. The second-order valence-electron chi connectivity index (χ2n) is 23.7. The molecule has 4 atom stereocenters. The van der Waals surface area contributed by atoms with E-state index in [2.05, 4.69) is 42.7 Å². The lowest BCUT2D eigenvalue weighted by molar-refractivity contribution is -0.156. The number of fused-ring (bicyclic) bond motifs is 3. The highest BCUT2D eigenvalue weighted by Gasteiger charge is 2.34. The Labute approximate surface area is 516 Å². The molecule has 3 aromatic rings. The lowest BCUT2D eigenvalue weighted by atomic mass is 9.98. The van der Waals surface area contributed by atoms with Crippen LogP contribution in [0.1, 0.15) is 130 Å². The predicted molar refractivity (Wildman–Crippen MR) is 319 cm³/mol. The summed E-state index contributed by atoms with van der Waals surface area (Å²) >= 11 is 0. The number of amides is 8. The monoisotopic (exact) mass is 1240 g/mol. The first-order chi connectivity index (χ1) is 41.9. The summed E-state index contributed by atoms with van der Waals surface area (Å²) < 4.78 is 27.1. The van der Waals surface area contributed by atoms with Gasteiger partial charge in [-0.3, -0.25) is 57.6 Å². The summed E-state index contributed by atoms with van der Waals surface area (Å²) in [5.74, 6) is -9.68. The number of benzene rings is 3. The molecule has 0 spiro atoms. The fraction of sp³-hybridized carbons (Fsp3) is 0.516. The van der Waals surface area contributed by atoms with Crippen molar-refractivity contribution in [3.63, 3.8) is 0 Å². The Morgan fingerprint density at radius 3 is 1.45 bits per heavy atom. The minimum Gasteiger partial charge on any atom is -0.481 e. The number of nitrogens with one attached hydrogen (secondary N) is 8. The van der Waals surface area contributed by atoms with E-state index in [9.17, 15) is 57.5 Å². The van der Waals surface area contributed by atoms with E-state index >= 15 is 0 Å². The molecule has 0 bridgehead atoms. The lowest BCUT2D eigenvalue weighted by Crippen LogP contribution is -2.57. The molecule has 0 aromatic heterocycles. The maximum Gasteiger partial charge on any atom is 0.407 e. The zero-order chi connectivity index (χ0) is 65.9. The molecule has 1 aliphatic rings. The zero-order valence-electron chi connectivity index (χ0n) is 51.8. The van der Waals surface area contributed by atoms with Gasteiger partial charge in [0.25, 0.3) is 5.91 Å². The van der Waals surface area contributed by atoms with E-state index < -0.39 is 158 Å². The molecule has 0 saturated carbocycles. The van der Waals surface area contributed by atoms with E-state index in [1.54, 1.807) is 92.6 Å². The quantitative estimate of drug-likeness (QED) is 0.0180. The largest absolute Gasteiger partial charge is 0.481 e. The number of esters is 3. The minimum absolute atomic E-state index is 0.00271. The number of hydroxylamine groups is 1. The van der Waals surface area contributed by atoms with Crippen LogP contribution in [0.5, 0.6) is 0 Å². The number of alkyl carbamates (subject to hydrolysis) is 1. The Morgan fingerprint density at radius 2 is 0.944 bits per heavy atom. The van der Waals surface area contributed by atoms with Crippen LogP contribution in [0.2, 0.25) is 0 Å². The third kappa shape index (κ3) is 28.2. The molecule has 0 unspecified atom stereocenters. The van der Waals surface area contributed by atoms with Crippen molar-refractivity contribution in [3.05, 3.63) is 95.6 Å². The van der Waals surface area contributed by atoms with Crippen LogP contribution in [0.15, 0.2) is 78.9 Å². The number of carboxylic acid groups (broad SMARTS) is 1. The van der Waals surface area contributed by atoms with Crippen molar-refractivity contribution in [1.29, 1.82) is 0 Å². The topological polar surface area (TPSA) is 377 Å². The van der Waals surface area contributed by atoms with Gasteiger partial charge in [0.05, 0.1) is 26.2 Å². The SMILES string of the molecule is CC(C)(C)OC(=O)CC[C@@H](NC(=O)COCCONC(=O)[C@H](Cc1ccccc1)NC(=O)CNC(=O)CNC(=O)OCC1c2ccccc2-c2ccccc21)C(=O)N[C@H](CCC(=O)OC(C)(C)C)C(=O)N[C@H](CCC(=O)OC(C)(C)C)C(=O)NCCC(=O)O. The molecule has 27 heteroatoms. The van der Waals surface area contributed by atoms with Crippen LogP contribution in [0, 0.1) is 0 Å². The summed E-state index contributed by atoms with van der Waals surface area (Å²) in [4.78, 5) is 162. The number of hydrogen-bond acceptors (Lipinski definition) is 18. The van der Waals surface area contributed by atoms with Crippen LogP contribution >= 0.6 is 0 Å². The van der Waals surface area contributed by atoms with E-state index in [0.717, 1.165) is 22.3 Å². The summed E-state index contributed by atoms with van der Waals surface area (Å²) in [6.45, 7) is 11.8. The van der Waals surface area contributed by atoms with Crippen LogP contribution in [0.4, 0.5) is 4.79 Å². The first-order valence-corrected chi connectivity index (χ1v) is 29.1. The summed E-state index contributed by atoms with van der Waals surface area (Å²) in [6.07, 6.45) is -3.65. The Morgan fingerprint density at radius 1 is 0.483 bits per heavy atom. The Bertz CT molecular complexity index is 2910. The predicted octanol–water partition coefficient (Wildman–Crippen LogP) is 2.84. The van der Waals surface area contributed by atoms with Gasteiger partial charge in [0.15, 0.2) is 0 Å². The molecule has 0 aliphatic heterocycles. The van der Waals surface area contributed by atoms with Gasteiger partial charge in [-0.25, -0.2) is 10.3 Å². The van der Waals surface area contributed by atoms with Crippen LogP contribution in [-0.2, 0) is 87.7 Å². The molecule has 0 fully saturated rings. The first-order valence-electron chi connectivity index (χ1n) is 29.1. The van der Waals surface area contributed by atoms with Gasteiger partial charge in [0.1, 0.15) is 60.7 Å². The molecule has 0 heterocycles. The highest BCUT2D eigenvalue weighted by Crippen LogP contribution is 2.44. The van der Waals surface area contributed by atoms with E-state index in [4.69, 9.17) is 33.6 Å². The standard InChI is InChI=1S/C62H84N8O19/c1-60(2,3)87-52(76)26-23-44(55(79)63-30-29-51(74)75)68-57(81)46(25-28-54(78)89-62(7,8)9)69-56(80)45(24-27-53(77)88-61(4,5)6)66-50(73)37-84-31-32-86-70-58(82)47(33-38-17-11-10-12-18-38)67-49(72)35-64-48(71)34-65-59(83)85-36-43-41-21-15-13-19-39(41)40-20-14-16-22-42(40)43/h10-22,43-47H,23-37H2,1-9H3,(H,63,79)(H,64,71)(H,65,83)(H,66,73)(H,67,72)(H,68,81)(H,69,80)(H,70,82)(H,74,75)/t44-,45-,46-,47+/m1/s1. The van der Waals surface area contributed by atoms with Crippen LogP contribution < -0.4 is 42.7 Å². The summed E-state index contributed by atoms with van der Waals surface area (Å²) in [5, 5.41) is 26.3. The summed E-state index contributed by atoms with van der Waals surface area (Å²) in [7, 11) is 0. The summed E-state index contributed by atoms with van der Waals surface area (Å²) in [6, 6.07) is 18.4. The third-order valence-corrected chi connectivity index (χ3v) is 12.6. The molecule has 1 aliphatic carbocycles. The maximum atomic E-state index is 14.1. The Hall–Kier alpha value is -8.98. The second kappa shape index (κ2) is 35.1. The maximum absolute atomic E-state index is 14.1. The van der Waals surface area contributed by atoms with E-state index in [-0.39, 0.29) is 58.0 Å². The van der Waals surface area contributed by atoms with Crippen molar-refractivity contribution >= 4 is 71.3 Å². The van der Waals surface area contributed by atoms with Crippen LogP contribution in [0.3, 0.4) is 0 Å². The first kappa shape index (κ1) is 72.5. The molecule has 9 N–H and O–H groups in total. The van der Waals surface area contributed by atoms with Crippen molar-refractivity contribution in [3.8, 4) is 11.1 Å². The number of hydrogen-bond donors (Lipinski definition) is 9. The molecule has 3 aromatic carbocycles. The number of carboxylic acids is 1. The molecule has 27 nitrogen and oxygen atoms in total. The number of carbonyl (C=O) groups is 12. The number of carbonyl (C=O) groups excluding carboxylic acids is 11. The number of ether oxygens (including phenoxy) is 5. The molecule has 0 radical (unpaired) electrons. The fourth-order valence-corrected chi connectivity index (χ4v) is 8.77. The number of aliphatic carboxylic acids is 1. The molecule has 8 amide bonds. The van der Waals surface area contributed by atoms with Crippen molar-refractivity contribution in [1.82, 2.24) is 42.7 Å². The van der Waals surface area contributed by atoms with E-state index in [0.29, 0.717) is 5.56 Å². The van der Waals surface area contributed by atoms with Crippen molar-refractivity contribution in [2.45, 2.75) is 161 Å². The molecular weight excluding hydrogens is 1160 g/mol. The van der Waals surface area contributed by atoms with E-state index in [1.807, 2.05) is 48.5 Å². The van der Waals surface area contributed by atoms with Crippen LogP contribution in [0.25, 0.3) is 11.1 Å². The Kier molecular flexibility index (Phi) is 28.6. The van der Waals surface area contributed by atoms with Gasteiger partial charge in [-0.1, -0.05) is 78.9 Å². The fourth-order valence-electron chi connectivity index (χ4n) is 8.77. The van der Waals surface area contributed by atoms with Gasteiger partial charge in [-0.15, -0.1) is 0 Å². The van der Waals surface area contributed by atoms with Gasteiger partial charge >= 0.3 is 30.0 Å². The normalized spacial score (nSPS) is 13.2. The van der Waals surface area contributed by atoms with Crippen molar-refractivity contribution < 1.29 is 91.2 Å². The van der Waals surface area contributed by atoms with Crippen molar-refractivity contribution in [2.24, 2.45) is 0 Å². The smallest absolute Gasteiger partial charge is 0.407 e. The average Bonchev–Trinajstić information content (AvgIpc) is 1.81. The van der Waals surface area contributed by atoms with E-state index in [1.165, 1.54) is 0 Å². The van der Waals surface area contributed by atoms with Crippen molar-refractivity contribution in [2.75, 3.05) is 46.1 Å². The minimum atomic E-state index is -1.62. The molecular formula is C62H84N8O19. The highest BCUT2D eigenvalue weighted by atomic mass is 16.7. The van der Waals surface area contributed by atoms with Gasteiger partial charge in [-0.05, 0) is 109 Å². The zero-order valence-corrected chi connectivity index (χ0v) is 51.8. The molecule has 89 heavy (non-hydrogen) atoms. The third-order valence-electron chi connectivity index (χ3n) is 12.6. The molecule has 4 rings (SSSR count). The van der Waals surface area contributed by atoms with Gasteiger partial charge in [0, 0.05) is 38.1 Å². The average molecular weight is 1250 g/mol. The number of rotatable bonds is 34. The Balaban J connectivity index is 1.34.